The summed E-state index contributed by atoms with van der Waals surface area (Å²) in [6.07, 6.45) is 6.60. The van der Waals surface area contributed by atoms with Crippen LogP contribution >= 0.6 is 0 Å². The van der Waals surface area contributed by atoms with Gasteiger partial charge in [0.2, 0.25) is 0 Å². The van der Waals surface area contributed by atoms with Crippen LogP contribution in [0.25, 0.3) is 0 Å². The van der Waals surface area contributed by atoms with Crippen molar-refractivity contribution in [2.45, 2.75) is 31.8 Å². The zero-order valence-electron chi connectivity index (χ0n) is 12.2. The van der Waals surface area contributed by atoms with Gasteiger partial charge < -0.3 is 9.47 Å². The standard InChI is InChI=1S/C17H18F2N2O/c18-14-7-5-8-15(19)16(14)17(22)21-11-2-1-6-13(21)12-20-9-3-4-10-20/h3-5,7-10,13H,1-2,6,11-12H2/t13-/m1/s1. The predicted molar refractivity (Wildman–Crippen MR) is 79.5 cm³/mol. The van der Waals surface area contributed by atoms with Crippen LogP contribution in [0, 0.1) is 11.6 Å². The molecule has 1 saturated heterocycles. The minimum Gasteiger partial charge on any atom is -0.352 e. The number of hydrogen-bond donors (Lipinski definition) is 0. The third kappa shape index (κ3) is 2.89. The van der Waals surface area contributed by atoms with Crippen LogP contribution in [0.1, 0.15) is 29.6 Å². The largest absolute Gasteiger partial charge is 0.352 e. The zero-order valence-corrected chi connectivity index (χ0v) is 12.2. The van der Waals surface area contributed by atoms with Crippen LogP contribution in [0.3, 0.4) is 0 Å². The lowest BCUT2D eigenvalue weighted by Crippen LogP contribution is -2.46. The molecule has 0 radical (unpaired) electrons. The van der Waals surface area contributed by atoms with Gasteiger partial charge in [0.15, 0.2) is 0 Å². The SMILES string of the molecule is O=C(c1c(F)cccc1F)N1CCCC[C@@H]1Cn1cccc1. The van der Waals surface area contributed by atoms with E-state index in [1.807, 2.05) is 29.1 Å². The van der Waals surface area contributed by atoms with E-state index in [0.29, 0.717) is 13.1 Å². The summed E-state index contributed by atoms with van der Waals surface area (Å²) in [5.41, 5.74) is -0.443. The van der Waals surface area contributed by atoms with E-state index < -0.39 is 23.1 Å². The lowest BCUT2D eigenvalue weighted by atomic mass is 10.00. The monoisotopic (exact) mass is 304 g/mol. The molecule has 1 aromatic heterocycles. The molecule has 0 bridgehead atoms. The highest BCUT2D eigenvalue weighted by Gasteiger charge is 2.30. The van der Waals surface area contributed by atoms with Gasteiger partial charge in [0.25, 0.3) is 5.91 Å². The number of likely N-dealkylation sites (tertiary alicyclic amines) is 1. The van der Waals surface area contributed by atoms with Gasteiger partial charge >= 0.3 is 0 Å². The molecule has 1 aliphatic heterocycles. The van der Waals surface area contributed by atoms with Crippen molar-refractivity contribution in [2.75, 3.05) is 6.54 Å². The molecule has 2 aromatic rings. The number of benzene rings is 1. The van der Waals surface area contributed by atoms with Crippen LogP contribution in [0.15, 0.2) is 42.7 Å². The highest BCUT2D eigenvalue weighted by molar-refractivity contribution is 5.95. The molecule has 3 rings (SSSR count). The van der Waals surface area contributed by atoms with Gasteiger partial charge in [-0.25, -0.2) is 8.78 Å². The molecule has 1 aromatic carbocycles. The number of nitrogens with zero attached hydrogens (tertiary/aromatic N) is 2. The second-order valence-corrected chi connectivity index (χ2v) is 5.62. The van der Waals surface area contributed by atoms with Crippen LogP contribution in [-0.4, -0.2) is 28.0 Å². The molecular weight excluding hydrogens is 286 g/mol. The van der Waals surface area contributed by atoms with E-state index in [2.05, 4.69) is 0 Å². The summed E-state index contributed by atoms with van der Waals surface area (Å²) in [6, 6.07) is 7.33. The molecule has 1 amide bonds. The smallest absolute Gasteiger partial charge is 0.260 e. The summed E-state index contributed by atoms with van der Waals surface area (Å²) in [5, 5.41) is 0. The van der Waals surface area contributed by atoms with Crippen molar-refractivity contribution in [1.29, 1.82) is 0 Å². The molecule has 1 fully saturated rings. The summed E-state index contributed by atoms with van der Waals surface area (Å²) < 4.78 is 29.7. The first kappa shape index (κ1) is 14.8. The average Bonchev–Trinajstić information content (AvgIpc) is 3.00. The molecule has 0 unspecified atom stereocenters. The maximum atomic E-state index is 13.9. The van der Waals surface area contributed by atoms with Crippen molar-refractivity contribution in [3.05, 3.63) is 59.9 Å². The van der Waals surface area contributed by atoms with Gasteiger partial charge in [-0.3, -0.25) is 4.79 Å². The Morgan fingerprint density at radius 2 is 1.77 bits per heavy atom. The number of carbonyl (C=O) groups is 1. The minimum atomic E-state index is -0.796. The molecule has 5 heteroatoms. The molecule has 2 heterocycles. The number of hydrogen-bond acceptors (Lipinski definition) is 1. The number of halogens is 2. The van der Waals surface area contributed by atoms with E-state index in [4.69, 9.17) is 0 Å². The summed E-state index contributed by atoms with van der Waals surface area (Å²) in [5.74, 6) is -2.14. The molecule has 1 atom stereocenters. The summed E-state index contributed by atoms with van der Waals surface area (Å²) in [7, 11) is 0. The van der Waals surface area contributed by atoms with Gasteiger partial charge in [-0.1, -0.05) is 6.07 Å². The Labute approximate surface area is 128 Å². The van der Waals surface area contributed by atoms with Gasteiger partial charge in [0.05, 0.1) is 0 Å². The zero-order chi connectivity index (χ0) is 15.5. The third-order valence-electron chi connectivity index (χ3n) is 4.15. The van der Waals surface area contributed by atoms with Crippen molar-refractivity contribution in [3.63, 3.8) is 0 Å². The Hall–Kier alpha value is -2.17. The highest BCUT2D eigenvalue weighted by Crippen LogP contribution is 2.23. The second kappa shape index (κ2) is 6.30. The van der Waals surface area contributed by atoms with Gasteiger partial charge in [-0.2, -0.15) is 0 Å². The van der Waals surface area contributed by atoms with Gasteiger partial charge in [0.1, 0.15) is 17.2 Å². The molecular formula is C17H18F2N2O. The molecule has 0 saturated carbocycles. The van der Waals surface area contributed by atoms with E-state index >= 15 is 0 Å². The van der Waals surface area contributed by atoms with Crippen molar-refractivity contribution in [2.24, 2.45) is 0 Å². The van der Waals surface area contributed by atoms with Crippen molar-refractivity contribution >= 4 is 5.91 Å². The first-order chi connectivity index (χ1) is 10.7. The average molecular weight is 304 g/mol. The first-order valence-electron chi connectivity index (χ1n) is 7.52. The van der Waals surface area contributed by atoms with Crippen molar-refractivity contribution in [1.82, 2.24) is 9.47 Å². The molecule has 116 valence electrons. The minimum absolute atomic E-state index is 0.0346. The van der Waals surface area contributed by atoms with Crippen molar-refractivity contribution in [3.8, 4) is 0 Å². The predicted octanol–water partition coefficient (Wildman–Crippen LogP) is 3.46. The molecule has 3 nitrogen and oxygen atoms in total. The number of piperidine rings is 1. The lowest BCUT2D eigenvalue weighted by molar-refractivity contribution is 0.0579. The molecule has 22 heavy (non-hydrogen) atoms. The Kier molecular flexibility index (Phi) is 4.22. The van der Waals surface area contributed by atoms with Crippen LogP contribution in [0.5, 0.6) is 0 Å². The fraction of sp³-hybridized carbons (Fsp3) is 0.353. The van der Waals surface area contributed by atoms with Crippen molar-refractivity contribution < 1.29 is 13.6 Å². The maximum absolute atomic E-state index is 13.9. The van der Waals surface area contributed by atoms with Gasteiger partial charge in [-0.15, -0.1) is 0 Å². The Morgan fingerprint density at radius 3 is 2.45 bits per heavy atom. The van der Waals surface area contributed by atoms with Crippen LogP contribution in [0.2, 0.25) is 0 Å². The fourth-order valence-electron chi connectivity index (χ4n) is 3.04. The van der Waals surface area contributed by atoms with E-state index in [9.17, 15) is 13.6 Å². The molecule has 0 N–H and O–H groups in total. The number of rotatable bonds is 3. The van der Waals surface area contributed by atoms with Crippen LogP contribution in [-0.2, 0) is 6.54 Å². The summed E-state index contributed by atoms with van der Waals surface area (Å²) in [4.78, 5) is 14.2. The normalized spacial score (nSPS) is 18.5. The second-order valence-electron chi connectivity index (χ2n) is 5.62. The van der Waals surface area contributed by atoms with E-state index in [0.717, 1.165) is 31.4 Å². The quantitative estimate of drug-likeness (QED) is 0.852. The fourth-order valence-corrected chi connectivity index (χ4v) is 3.04. The van der Waals surface area contributed by atoms with Gasteiger partial charge in [0, 0.05) is 31.5 Å². The number of carbonyl (C=O) groups excluding carboxylic acids is 1. The summed E-state index contributed by atoms with van der Waals surface area (Å²) in [6.45, 7) is 1.19. The van der Waals surface area contributed by atoms with Gasteiger partial charge in [-0.05, 0) is 43.5 Å². The topological polar surface area (TPSA) is 25.2 Å². The molecule has 0 spiro atoms. The Bertz CT molecular complexity index is 634. The molecule has 1 aliphatic rings. The maximum Gasteiger partial charge on any atom is 0.260 e. The van der Waals surface area contributed by atoms with Crippen LogP contribution in [0.4, 0.5) is 8.78 Å². The number of aromatic nitrogens is 1. The lowest BCUT2D eigenvalue weighted by Gasteiger charge is -2.36. The number of amides is 1. The Morgan fingerprint density at radius 1 is 1.09 bits per heavy atom. The first-order valence-corrected chi connectivity index (χ1v) is 7.52. The summed E-state index contributed by atoms with van der Waals surface area (Å²) >= 11 is 0. The van der Waals surface area contributed by atoms with Crippen LogP contribution < -0.4 is 0 Å². The van der Waals surface area contributed by atoms with E-state index in [1.165, 1.54) is 6.07 Å². The third-order valence-corrected chi connectivity index (χ3v) is 4.15. The van der Waals surface area contributed by atoms with E-state index in [-0.39, 0.29) is 6.04 Å². The Balaban J connectivity index is 1.85. The van der Waals surface area contributed by atoms with E-state index in [1.54, 1.807) is 4.90 Å². The molecule has 0 aliphatic carbocycles. The highest BCUT2D eigenvalue weighted by atomic mass is 19.1.